The smallest absolute Gasteiger partial charge is 0.322 e. The molecular weight excluding hydrogens is 172 g/mol. The van der Waals surface area contributed by atoms with Gasteiger partial charge in [0.2, 0.25) is 5.95 Å². The monoisotopic (exact) mass is 182 g/mol. The molecule has 1 aromatic heterocycles. The second-order valence-corrected chi connectivity index (χ2v) is 2.50. The molecule has 13 heavy (non-hydrogen) atoms. The molecule has 0 amide bonds. The number of aromatic nitrogens is 2. The SMILES string of the molecule is Cc1cc(NCC(=O)O)nc(N)n1. The lowest BCUT2D eigenvalue weighted by atomic mass is 10.4. The Labute approximate surface area is 74.8 Å². The molecule has 0 aliphatic heterocycles. The number of hydrogen-bond donors (Lipinski definition) is 3. The lowest BCUT2D eigenvalue weighted by Gasteiger charge is -2.03. The minimum Gasteiger partial charge on any atom is -0.480 e. The summed E-state index contributed by atoms with van der Waals surface area (Å²) in [5.41, 5.74) is 6.05. The second-order valence-electron chi connectivity index (χ2n) is 2.50. The third-order valence-electron chi connectivity index (χ3n) is 1.29. The first-order valence-corrected chi connectivity index (χ1v) is 3.65. The number of carbonyl (C=O) groups is 1. The maximum absolute atomic E-state index is 10.2. The van der Waals surface area contributed by atoms with E-state index in [0.717, 1.165) is 0 Å². The van der Waals surface area contributed by atoms with Gasteiger partial charge in [0.15, 0.2) is 0 Å². The molecule has 0 fully saturated rings. The van der Waals surface area contributed by atoms with E-state index in [0.29, 0.717) is 11.5 Å². The summed E-state index contributed by atoms with van der Waals surface area (Å²) in [5.74, 6) is -0.393. The third kappa shape index (κ3) is 2.94. The summed E-state index contributed by atoms with van der Waals surface area (Å²) in [4.78, 5) is 17.8. The van der Waals surface area contributed by atoms with E-state index >= 15 is 0 Å². The summed E-state index contributed by atoms with van der Waals surface area (Å²) in [6.07, 6.45) is 0. The zero-order chi connectivity index (χ0) is 9.84. The van der Waals surface area contributed by atoms with Crippen LogP contribution in [0.5, 0.6) is 0 Å². The molecule has 0 aliphatic rings. The number of carboxylic acids is 1. The number of aryl methyl sites for hydroxylation is 1. The Balaban J connectivity index is 2.71. The Hall–Kier alpha value is -1.85. The van der Waals surface area contributed by atoms with Crippen molar-refractivity contribution in [3.63, 3.8) is 0 Å². The van der Waals surface area contributed by atoms with E-state index in [1.165, 1.54) is 0 Å². The quantitative estimate of drug-likeness (QED) is 0.601. The van der Waals surface area contributed by atoms with Gasteiger partial charge < -0.3 is 16.2 Å². The molecule has 6 nitrogen and oxygen atoms in total. The summed E-state index contributed by atoms with van der Waals surface area (Å²) in [7, 11) is 0. The number of anilines is 2. The summed E-state index contributed by atoms with van der Waals surface area (Å²) in [6.45, 7) is 1.57. The number of nitrogens with one attached hydrogen (secondary N) is 1. The second kappa shape index (κ2) is 3.70. The van der Waals surface area contributed by atoms with Gasteiger partial charge in [0.25, 0.3) is 0 Å². The minimum absolute atomic E-state index is 0.132. The number of hydrogen-bond acceptors (Lipinski definition) is 5. The van der Waals surface area contributed by atoms with Crippen molar-refractivity contribution in [2.45, 2.75) is 6.92 Å². The first-order valence-electron chi connectivity index (χ1n) is 3.65. The van der Waals surface area contributed by atoms with Gasteiger partial charge in [-0.15, -0.1) is 0 Å². The first-order chi connectivity index (χ1) is 6.08. The van der Waals surface area contributed by atoms with Crippen LogP contribution in [0.4, 0.5) is 11.8 Å². The van der Waals surface area contributed by atoms with Crippen LogP contribution in [0.1, 0.15) is 5.69 Å². The summed E-state index contributed by atoms with van der Waals surface area (Å²) in [5, 5.41) is 11.0. The predicted molar refractivity (Wildman–Crippen MR) is 47.3 cm³/mol. The fourth-order valence-electron chi connectivity index (χ4n) is 0.848. The standard InChI is InChI=1S/C7H10N4O2/c1-4-2-5(9-3-6(12)13)11-7(8)10-4/h2H,3H2,1H3,(H,12,13)(H3,8,9,10,11). The van der Waals surface area contributed by atoms with Crippen LogP contribution < -0.4 is 11.1 Å². The molecular formula is C7H10N4O2. The van der Waals surface area contributed by atoms with Crippen molar-refractivity contribution in [3.8, 4) is 0 Å². The molecule has 0 aliphatic carbocycles. The van der Waals surface area contributed by atoms with Gasteiger partial charge in [0, 0.05) is 11.8 Å². The molecule has 0 aromatic carbocycles. The average Bonchev–Trinajstić information content (AvgIpc) is 1.99. The molecule has 0 spiro atoms. The van der Waals surface area contributed by atoms with E-state index in [9.17, 15) is 4.79 Å². The highest BCUT2D eigenvalue weighted by Gasteiger charge is 2.00. The molecule has 0 bridgehead atoms. The van der Waals surface area contributed by atoms with Crippen molar-refractivity contribution in [2.75, 3.05) is 17.6 Å². The topological polar surface area (TPSA) is 101 Å². The van der Waals surface area contributed by atoms with E-state index in [1.54, 1.807) is 13.0 Å². The van der Waals surface area contributed by atoms with Crippen molar-refractivity contribution >= 4 is 17.7 Å². The van der Waals surface area contributed by atoms with Gasteiger partial charge in [-0.2, -0.15) is 4.98 Å². The van der Waals surface area contributed by atoms with Gasteiger partial charge in [0.05, 0.1) is 0 Å². The van der Waals surface area contributed by atoms with Gasteiger partial charge in [-0.05, 0) is 6.92 Å². The predicted octanol–water partition coefficient (Wildman–Crippen LogP) is -0.136. The van der Waals surface area contributed by atoms with Crippen LogP contribution in [0, 0.1) is 6.92 Å². The largest absolute Gasteiger partial charge is 0.480 e. The van der Waals surface area contributed by atoms with Crippen molar-refractivity contribution in [1.29, 1.82) is 0 Å². The maximum Gasteiger partial charge on any atom is 0.322 e. The Morgan fingerprint density at radius 1 is 1.69 bits per heavy atom. The van der Waals surface area contributed by atoms with Gasteiger partial charge in [-0.3, -0.25) is 4.79 Å². The molecule has 0 saturated carbocycles. The van der Waals surface area contributed by atoms with Crippen LogP contribution in [0.3, 0.4) is 0 Å². The molecule has 0 unspecified atom stereocenters. The van der Waals surface area contributed by atoms with Crippen LogP contribution in [-0.4, -0.2) is 27.6 Å². The Kier molecular flexibility index (Phi) is 2.63. The number of nitrogens with two attached hydrogens (primary N) is 1. The van der Waals surface area contributed by atoms with Gasteiger partial charge in [0.1, 0.15) is 12.4 Å². The summed E-state index contributed by atoms with van der Waals surface area (Å²) < 4.78 is 0. The number of nitrogen functional groups attached to an aromatic ring is 1. The van der Waals surface area contributed by atoms with E-state index in [-0.39, 0.29) is 12.5 Å². The van der Waals surface area contributed by atoms with Crippen LogP contribution >= 0.6 is 0 Å². The molecule has 1 aromatic rings. The van der Waals surface area contributed by atoms with Crippen molar-refractivity contribution in [2.24, 2.45) is 0 Å². The molecule has 0 radical (unpaired) electrons. The van der Waals surface area contributed by atoms with Crippen molar-refractivity contribution in [1.82, 2.24) is 9.97 Å². The van der Waals surface area contributed by atoms with Crippen molar-refractivity contribution in [3.05, 3.63) is 11.8 Å². The molecule has 70 valence electrons. The Bertz CT molecular complexity index is 306. The maximum atomic E-state index is 10.2. The molecule has 6 heteroatoms. The molecule has 4 N–H and O–H groups in total. The number of carboxylic acid groups (broad SMARTS) is 1. The van der Waals surface area contributed by atoms with E-state index in [4.69, 9.17) is 10.8 Å². The Morgan fingerprint density at radius 3 is 2.92 bits per heavy atom. The van der Waals surface area contributed by atoms with Crippen molar-refractivity contribution < 1.29 is 9.90 Å². The third-order valence-corrected chi connectivity index (χ3v) is 1.29. The van der Waals surface area contributed by atoms with Crippen LogP contribution in [0.2, 0.25) is 0 Å². The zero-order valence-corrected chi connectivity index (χ0v) is 7.11. The number of rotatable bonds is 3. The average molecular weight is 182 g/mol. The normalized spacial score (nSPS) is 9.62. The molecule has 1 rings (SSSR count). The zero-order valence-electron chi connectivity index (χ0n) is 7.11. The summed E-state index contributed by atoms with van der Waals surface area (Å²) in [6, 6.07) is 1.62. The lowest BCUT2D eigenvalue weighted by molar-refractivity contribution is -0.134. The fourth-order valence-corrected chi connectivity index (χ4v) is 0.848. The van der Waals surface area contributed by atoms with Gasteiger partial charge >= 0.3 is 5.97 Å². The van der Waals surface area contributed by atoms with Gasteiger partial charge in [-0.1, -0.05) is 0 Å². The first kappa shape index (κ1) is 9.24. The Morgan fingerprint density at radius 2 is 2.38 bits per heavy atom. The van der Waals surface area contributed by atoms with E-state index in [2.05, 4.69) is 15.3 Å². The van der Waals surface area contributed by atoms with Crippen LogP contribution in [0.15, 0.2) is 6.07 Å². The van der Waals surface area contributed by atoms with Gasteiger partial charge in [-0.25, -0.2) is 4.98 Å². The molecule has 0 saturated heterocycles. The fraction of sp³-hybridized carbons (Fsp3) is 0.286. The van der Waals surface area contributed by atoms with E-state index < -0.39 is 5.97 Å². The summed E-state index contributed by atoms with van der Waals surface area (Å²) >= 11 is 0. The molecule has 1 heterocycles. The number of aliphatic carboxylic acids is 1. The van der Waals surface area contributed by atoms with E-state index in [1.807, 2.05) is 0 Å². The number of nitrogens with zero attached hydrogens (tertiary/aromatic N) is 2. The van der Waals surface area contributed by atoms with Crippen LogP contribution in [0.25, 0.3) is 0 Å². The highest BCUT2D eigenvalue weighted by atomic mass is 16.4. The lowest BCUT2D eigenvalue weighted by Crippen LogP contribution is -2.14. The molecule has 0 atom stereocenters. The highest BCUT2D eigenvalue weighted by Crippen LogP contribution is 2.05. The minimum atomic E-state index is -0.949. The van der Waals surface area contributed by atoms with Crippen LogP contribution in [-0.2, 0) is 4.79 Å². The highest BCUT2D eigenvalue weighted by molar-refractivity contribution is 5.72.